The van der Waals surface area contributed by atoms with Crippen molar-refractivity contribution < 1.29 is 19.2 Å². The van der Waals surface area contributed by atoms with E-state index in [1.807, 2.05) is 0 Å². The lowest BCUT2D eigenvalue weighted by molar-refractivity contribution is -0.384. The Morgan fingerprint density at radius 1 is 1.22 bits per heavy atom. The van der Waals surface area contributed by atoms with E-state index in [-0.39, 0.29) is 18.2 Å². The third kappa shape index (κ3) is 4.63. The molecule has 2 aromatic carbocycles. The van der Waals surface area contributed by atoms with Gasteiger partial charge in [0.05, 0.1) is 16.9 Å². The van der Waals surface area contributed by atoms with Gasteiger partial charge in [-0.05, 0) is 41.5 Å². The lowest BCUT2D eigenvalue weighted by Crippen LogP contribution is -2.17. The SMILES string of the molecule is COc1ccc(/C=C2\SC(=S)NC2=O)cc1OCc1ccc([N+](=O)[O-])cc1. The van der Waals surface area contributed by atoms with Crippen LogP contribution in [0.4, 0.5) is 5.69 Å². The number of hydrogen-bond donors (Lipinski definition) is 1. The van der Waals surface area contributed by atoms with Gasteiger partial charge in [-0.15, -0.1) is 0 Å². The molecule has 9 heteroatoms. The van der Waals surface area contributed by atoms with Crippen molar-refractivity contribution >= 4 is 46.0 Å². The summed E-state index contributed by atoms with van der Waals surface area (Å²) in [6.07, 6.45) is 1.72. The molecule has 138 valence electrons. The number of rotatable bonds is 6. The molecular weight excluding hydrogens is 388 g/mol. The van der Waals surface area contributed by atoms with Crippen molar-refractivity contribution in [3.8, 4) is 11.5 Å². The predicted octanol–water partition coefficient (Wildman–Crippen LogP) is 3.67. The number of ether oxygens (including phenoxy) is 2. The van der Waals surface area contributed by atoms with Gasteiger partial charge in [0.15, 0.2) is 11.5 Å². The first kappa shape index (κ1) is 18.9. The highest BCUT2D eigenvalue weighted by Crippen LogP contribution is 2.32. The van der Waals surface area contributed by atoms with E-state index in [1.165, 1.54) is 31.0 Å². The minimum atomic E-state index is -0.451. The molecule has 0 aliphatic carbocycles. The second-order valence-electron chi connectivity index (χ2n) is 5.47. The van der Waals surface area contributed by atoms with Gasteiger partial charge in [-0.1, -0.05) is 30.0 Å². The summed E-state index contributed by atoms with van der Waals surface area (Å²) in [5, 5.41) is 13.3. The molecule has 1 aliphatic rings. The van der Waals surface area contributed by atoms with Gasteiger partial charge in [0.25, 0.3) is 11.6 Å². The number of thioether (sulfide) groups is 1. The number of benzene rings is 2. The van der Waals surface area contributed by atoms with Crippen LogP contribution in [0.1, 0.15) is 11.1 Å². The van der Waals surface area contributed by atoms with E-state index in [0.717, 1.165) is 11.1 Å². The van der Waals surface area contributed by atoms with Crippen molar-refractivity contribution in [3.05, 3.63) is 68.6 Å². The zero-order valence-corrected chi connectivity index (χ0v) is 15.8. The number of methoxy groups -OCH3 is 1. The number of carbonyl (C=O) groups is 1. The molecule has 1 saturated heterocycles. The number of non-ortho nitro benzene ring substituents is 1. The fourth-order valence-corrected chi connectivity index (χ4v) is 3.39. The first-order valence-electron chi connectivity index (χ1n) is 7.75. The number of amides is 1. The summed E-state index contributed by atoms with van der Waals surface area (Å²) < 4.78 is 11.5. The van der Waals surface area contributed by atoms with E-state index in [1.54, 1.807) is 36.4 Å². The Balaban J connectivity index is 1.77. The molecule has 27 heavy (non-hydrogen) atoms. The van der Waals surface area contributed by atoms with Crippen LogP contribution in [0.25, 0.3) is 6.08 Å². The number of nitro benzene ring substituents is 1. The van der Waals surface area contributed by atoms with Crippen LogP contribution < -0.4 is 14.8 Å². The van der Waals surface area contributed by atoms with Gasteiger partial charge in [0.1, 0.15) is 10.9 Å². The summed E-state index contributed by atoms with van der Waals surface area (Å²) in [4.78, 5) is 22.6. The number of thiocarbonyl (C=S) groups is 1. The molecule has 1 heterocycles. The van der Waals surface area contributed by atoms with E-state index in [0.29, 0.717) is 20.7 Å². The number of nitrogens with one attached hydrogen (secondary N) is 1. The average molecular weight is 402 g/mol. The van der Waals surface area contributed by atoms with Crippen molar-refractivity contribution in [2.24, 2.45) is 0 Å². The topological polar surface area (TPSA) is 90.7 Å². The van der Waals surface area contributed by atoms with Crippen molar-refractivity contribution in [2.75, 3.05) is 7.11 Å². The minimum absolute atomic E-state index is 0.0233. The monoisotopic (exact) mass is 402 g/mol. The Morgan fingerprint density at radius 2 is 1.96 bits per heavy atom. The third-order valence-corrected chi connectivity index (χ3v) is 4.83. The summed E-state index contributed by atoms with van der Waals surface area (Å²) >= 11 is 6.18. The second kappa shape index (κ2) is 8.19. The van der Waals surface area contributed by atoms with Gasteiger partial charge in [0.2, 0.25) is 0 Å². The van der Waals surface area contributed by atoms with E-state index in [2.05, 4.69) is 5.32 Å². The van der Waals surface area contributed by atoms with Crippen LogP contribution >= 0.6 is 24.0 Å². The van der Waals surface area contributed by atoms with Gasteiger partial charge in [0, 0.05) is 12.1 Å². The van der Waals surface area contributed by atoms with Crippen LogP contribution in [0.2, 0.25) is 0 Å². The molecule has 1 N–H and O–H groups in total. The maximum atomic E-state index is 11.8. The van der Waals surface area contributed by atoms with Gasteiger partial charge in [-0.3, -0.25) is 14.9 Å². The summed E-state index contributed by atoms with van der Waals surface area (Å²) in [7, 11) is 1.53. The Morgan fingerprint density at radius 3 is 2.56 bits per heavy atom. The standard InChI is InChI=1S/C18H14N2O5S2/c1-24-14-7-4-12(9-16-17(21)19-18(26)27-16)8-15(14)25-10-11-2-5-13(6-3-11)20(22)23/h2-9H,10H2,1H3,(H,19,21,26)/b16-9-. The van der Waals surface area contributed by atoms with Crippen LogP contribution in [-0.2, 0) is 11.4 Å². The molecule has 1 aliphatic heterocycles. The molecule has 0 spiro atoms. The smallest absolute Gasteiger partial charge is 0.269 e. The quantitative estimate of drug-likeness (QED) is 0.341. The molecule has 0 atom stereocenters. The zero-order chi connectivity index (χ0) is 19.4. The summed E-state index contributed by atoms with van der Waals surface area (Å²) in [6.45, 7) is 0.216. The normalized spacial score (nSPS) is 14.9. The number of nitro groups is 1. The Labute approximate surface area is 164 Å². The fourth-order valence-electron chi connectivity index (χ4n) is 2.34. The van der Waals surface area contributed by atoms with Crippen molar-refractivity contribution in [1.82, 2.24) is 5.32 Å². The first-order valence-corrected chi connectivity index (χ1v) is 8.98. The van der Waals surface area contributed by atoms with E-state index in [4.69, 9.17) is 21.7 Å². The molecule has 1 fully saturated rings. The van der Waals surface area contributed by atoms with Crippen LogP contribution in [0, 0.1) is 10.1 Å². The van der Waals surface area contributed by atoms with Crippen LogP contribution in [0.15, 0.2) is 47.4 Å². The lowest BCUT2D eigenvalue weighted by Gasteiger charge is -2.11. The van der Waals surface area contributed by atoms with Gasteiger partial charge < -0.3 is 14.8 Å². The molecule has 2 aromatic rings. The van der Waals surface area contributed by atoms with Gasteiger partial charge in [-0.2, -0.15) is 0 Å². The van der Waals surface area contributed by atoms with E-state index < -0.39 is 4.92 Å². The molecule has 0 unspecified atom stereocenters. The Hall–Kier alpha value is -2.91. The molecule has 7 nitrogen and oxygen atoms in total. The van der Waals surface area contributed by atoms with E-state index in [9.17, 15) is 14.9 Å². The summed E-state index contributed by atoms with van der Waals surface area (Å²) in [5.41, 5.74) is 1.56. The summed E-state index contributed by atoms with van der Waals surface area (Å²) in [5.74, 6) is 0.809. The average Bonchev–Trinajstić information content (AvgIpc) is 2.97. The Kier molecular flexibility index (Phi) is 5.72. The molecule has 1 amide bonds. The predicted molar refractivity (Wildman–Crippen MR) is 107 cm³/mol. The van der Waals surface area contributed by atoms with E-state index >= 15 is 0 Å². The third-order valence-electron chi connectivity index (χ3n) is 3.67. The van der Waals surface area contributed by atoms with Crippen molar-refractivity contribution in [1.29, 1.82) is 0 Å². The molecule has 3 rings (SSSR count). The highest BCUT2D eigenvalue weighted by Gasteiger charge is 2.22. The largest absolute Gasteiger partial charge is 0.493 e. The van der Waals surface area contributed by atoms with Crippen LogP contribution in [0.3, 0.4) is 0 Å². The highest BCUT2D eigenvalue weighted by atomic mass is 32.2. The molecular formula is C18H14N2O5S2. The number of nitrogens with zero attached hydrogens (tertiary/aromatic N) is 1. The molecule has 0 radical (unpaired) electrons. The maximum Gasteiger partial charge on any atom is 0.269 e. The van der Waals surface area contributed by atoms with Crippen molar-refractivity contribution in [3.63, 3.8) is 0 Å². The molecule has 0 bridgehead atoms. The lowest BCUT2D eigenvalue weighted by atomic mass is 10.1. The first-order chi connectivity index (χ1) is 13.0. The highest BCUT2D eigenvalue weighted by molar-refractivity contribution is 8.26. The number of hydrogen-bond acceptors (Lipinski definition) is 7. The zero-order valence-electron chi connectivity index (χ0n) is 14.1. The van der Waals surface area contributed by atoms with Crippen LogP contribution in [0.5, 0.6) is 11.5 Å². The van der Waals surface area contributed by atoms with Crippen molar-refractivity contribution in [2.45, 2.75) is 6.61 Å². The number of carbonyl (C=O) groups excluding carboxylic acids is 1. The second-order valence-corrected chi connectivity index (χ2v) is 7.19. The Bertz CT molecular complexity index is 941. The van der Waals surface area contributed by atoms with Gasteiger partial charge >= 0.3 is 0 Å². The molecule has 0 saturated carbocycles. The van der Waals surface area contributed by atoms with Crippen LogP contribution in [-0.4, -0.2) is 22.3 Å². The molecule has 0 aromatic heterocycles. The van der Waals surface area contributed by atoms with Gasteiger partial charge in [-0.25, -0.2) is 0 Å². The fraction of sp³-hybridized carbons (Fsp3) is 0.111. The minimum Gasteiger partial charge on any atom is -0.493 e. The maximum absolute atomic E-state index is 11.8. The summed E-state index contributed by atoms with van der Waals surface area (Å²) in [6, 6.07) is 11.4.